The van der Waals surface area contributed by atoms with E-state index < -0.39 is 10.0 Å². The van der Waals surface area contributed by atoms with Crippen LogP contribution in [0.1, 0.15) is 5.56 Å². The van der Waals surface area contributed by atoms with Gasteiger partial charge in [-0.05, 0) is 24.3 Å². The van der Waals surface area contributed by atoms with Crippen molar-refractivity contribution in [2.75, 3.05) is 4.72 Å². The highest BCUT2D eigenvalue weighted by Crippen LogP contribution is 2.35. The van der Waals surface area contributed by atoms with Gasteiger partial charge in [-0.3, -0.25) is 4.72 Å². The number of terminal acetylenes is 1. The molecular formula is C12H7Cl2NO2S2. The molecule has 98 valence electrons. The number of rotatable bonds is 3. The summed E-state index contributed by atoms with van der Waals surface area (Å²) in [4.78, 5) is -0.0460. The first-order chi connectivity index (χ1) is 8.92. The normalized spacial score (nSPS) is 11.0. The lowest BCUT2D eigenvalue weighted by atomic mass is 10.2. The van der Waals surface area contributed by atoms with E-state index in [0.29, 0.717) is 15.6 Å². The first-order valence-corrected chi connectivity index (χ1v) is 8.02. The summed E-state index contributed by atoms with van der Waals surface area (Å²) in [5, 5.41) is 0. The van der Waals surface area contributed by atoms with Gasteiger partial charge in [-0.25, -0.2) is 8.42 Å². The molecule has 0 aliphatic rings. The molecule has 0 aliphatic heterocycles. The smallest absolute Gasteiger partial charge is 0.264 e. The van der Waals surface area contributed by atoms with Crippen molar-refractivity contribution in [3.05, 3.63) is 44.6 Å². The van der Waals surface area contributed by atoms with Crippen molar-refractivity contribution in [1.82, 2.24) is 0 Å². The van der Waals surface area contributed by atoms with E-state index in [1.807, 2.05) is 0 Å². The van der Waals surface area contributed by atoms with Gasteiger partial charge in [-0.15, -0.1) is 17.8 Å². The molecule has 2 rings (SSSR count). The molecule has 1 aromatic carbocycles. The van der Waals surface area contributed by atoms with E-state index in [9.17, 15) is 8.42 Å². The van der Waals surface area contributed by atoms with Crippen LogP contribution in [-0.2, 0) is 10.0 Å². The molecule has 0 saturated heterocycles. The van der Waals surface area contributed by atoms with Crippen molar-refractivity contribution >= 4 is 50.2 Å². The Morgan fingerprint density at radius 1 is 1.26 bits per heavy atom. The van der Waals surface area contributed by atoms with Crippen molar-refractivity contribution in [1.29, 1.82) is 0 Å². The van der Waals surface area contributed by atoms with Crippen molar-refractivity contribution in [2.24, 2.45) is 0 Å². The highest BCUT2D eigenvalue weighted by molar-refractivity contribution is 7.93. The van der Waals surface area contributed by atoms with Gasteiger partial charge in [0, 0.05) is 5.56 Å². The van der Waals surface area contributed by atoms with Crippen LogP contribution in [0.25, 0.3) is 0 Å². The lowest BCUT2D eigenvalue weighted by Gasteiger charge is -2.07. The van der Waals surface area contributed by atoms with Crippen LogP contribution in [-0.4, -0.2) is 8.42 Å². The molecule has 0 bridgehead atoms. The van der Waals surface area contributed by atoms with Crippen LogP contribution in [0.3, 0.4) is 0 Å². The maximum Gasteiger partial charge on any atom is 0.264 e. The van der Waals surface area contributed by atoms with Crippen molar-refractivity contribution in [3.63, 3.8) is 0 Å². The fourth-order valence-electron chi connectivity index (χ4n) is 1.39. The molecule has 0 spiro atoms. The molecule has 0 fully saturated rings. The van der Waals surface area contributed by atoms with E-state index in [1.165, 1.54) is 6.07 Å². The maximum absolute atomic E-state index is 12.1. The van der Waals surface area contributed by atoms with Crippen molar-refractivity contribution in [2.45, 2.75) is 4.90 Å². The monoisotopic (exact) mass is 331 g/mol. The predicted molar refractivity (Wildman–Crippen MR) is 79.5 cm³/mol. The molecule has 0 atom stereocenters. The lowest BCUT2D eigenvalue weighted by Crippen LogP contribution is -2.12. The fourth-order valence-corrected chi connectivity index (χ4v) is 4.59. The predicted octanol–water partition coefficient (Wildman–Crippen LogP) is 3.84. The fraction of sp³-hybridized carbons (Fsp3) is 0. The van der Waals surface area contributed by atoms with Gasteiger partial charge in [-0.1, -0.05) is 35.2 Å². The number of hydrogen-bond acceptors (Lipinski definition) is 3. The number of hydrogen-bond donors (Lipinski definition) is 1. The molecule has 2 aromatic rings. The Labute approximate surface area is 125 Å². The van der Waals surface area contributed by atoms with E-state index in [2.05, 4.69) is 10.6 Å². The van der Waals surface area contributed by atoms with E-state index in [0.717, 1.165) is 11.3 Å². The number of thiophene rings is 1. The number of sulfonamides is 1. The van der Waals surface area contributed by atoms with Gasteiger partial charge in [0.15, 0.2) is 0 Å². The molecule has 1 aromatic heterocycles. The highest BCUT2D eigenvalue weighted by atomic mass is 35.5. The van der Waals surface area contributed by atoms with Crippen LogP contribution in [0.4, 0.5) is 5.69 Å². The second-order valence-electron chi connectivity index (χ2n) is 3.52. The van der Waals surface area contributed by atoms with Crippen molar-refractivity contribution in [3.8, 4) is 12.3 Å². The number of halogens is 2. The zero-order valence-corrected chi connectivity index (χ0v) is 12.5. The Hall–Kier alpha value is -1.19. The average Bonchev–Trinajstić information content (AvgIpc) is 2.69. The Bertz CT molecular complexity index is 760. The van der Waals surface area contributed by atoms with Gasteiger partial charge < -0.3 is 0 Å². The minimum atomic E-state index is -3.77. The largest absolute Gasteiger partial charge is 0.280 e. The van der Waals surface area contributed by atoms with Crippen LogP contribution < -0.4 is 4.72 Å². The van der Waals surface area contributed by atoms with E-state index in [-0.39, 0.29) is 9.23 Å². The third-order valence-corrected chi connectivity index (χ3v) is 5.33. The Kier molecular flexibility index (Phi) is 4.07. The van der Waals surface area contributed by atoms with E-state index in [4.69, 9.17) is 29.6 Å². The molecule has 1 heterocycles. The third kappa shape index (κ3) is 3.23. The van der Waals surface area contributed by atoms with Gasteiger partial charge in [0.25, 0.3) is 10.0 Å². The molecule has 0 amide bonds. The van der Waals surface area contributed by atoms with E-state index >= 15 is 0 Å². The van der Waals surface area contributed by atoms with Gasteiger partial charge in [0.05, 0.1) is 10.0 Å². The van der Waals surface area contributed by atoms with Crippen LogP contribution in [0.2, 0.25) is 8.67 Å². The minimum absolute atomic E-state index is 0.0460. The minimum Gasteiger partial charge on any atom is -0.280 e. The summed E-state index contributed by atoms with van der Waals surface area (Å²) < 4.78 is 27.1. The van der Waals surface area contributed by atoms with Crippen LogP contribution in [0, 0.1) is 12.3 Å². The molecule has 0 aliphatic carbocycles. The Balaban J connectivity index is 2.37. The SMILES string of the molecule is C#Cc1cccc(NS(=O)(=O)c2cc(Cl)sc2Cl)c1. The summed E-state index contributed by atoms with van der Waals surface area (Å²) in [6, 6.07) is 7.82. The number of benzene rings is 1. The first kappa shape index (κ1) is 14.2. The molecule has 19 heavy (non-hydrogen) atoms. The summed E-state index contributed by atoms with van der Waals surface area (Å²) in [6.45, 7) is 0. The second kappa shape index (κ2) is 5.43. The zero-order chi connectivity index (χ0) is 14.0. The molecule has 0 unspecified atom stereocenters. The van der Waals surface area contributed by atoms with Crippen LogP contribution in [0.5, 0.6) is 0 Å². The molecule has 7 heteroatoms. The molecule has 0 saturated carbocycles. The van der Waals surface area contributed by atoms with Crippen molar-refractivity contribution < 1.29 is 8.42 Å². The second-order valence-corrected chi connectivity index (χ2v) is 7.46. The van der Waals surface area contributed by atoms with Gasteiger partial charge in [0.2, 0.25) is 0 Å². The average molecular weight is 332 g/mol. The summed E-state index contributed by atoms with van der Waals surface area (Å²) in [7, 11) is -3.77. The quantitative estimate of drug-likeness (QED) is 0.868. The molecule has 0 radical (unpaired) electrons. The number of anilines is 1. The summed E-state index contributed by atoms with van der Waals surface area (Å²) in [5.74, 6) is 2.43. The van der Waals surface area contributed by atoms with E-state index in [1.54, 1.807) is 24.3 Å². The number of nitrogens with one attached hydrogen (secondary N) is 1. The van der Waals surface area contributed by atoms with Crippen LogP contribution >= 0.6 is 34.5 Å². The Morgan fingerprint density at radius 3 is 2.58 bits per heavy atom. The van der Waals surface area contributed by atoms with Crippen LogP contribution in [0.15, 0.2) is 35.2 Å². The van der Waals surface area contributed by atoms with Gasteiger partial charge in [-0.2, -0.15) is 0 Å². The van der Waals surface area contributed by atoms with Gasteiger partial charge >= 0.3 is 0 Å². The molecular weight excluding hydrogens is 325 g/mol. The van der Waals surface area contributed by atoms with Gasteiger partial charge in [0.1, 0.15) is 9.23 Å². The summed E-state index contributed by atoms with van der Waals surface area (Å²) in [6.07, 6.45) is 5.26. The standard InChI is InChI=1S/C12H7Cl2NO2S2/c1-2-8-4-3-5-9(6-8)15-19(16,17)10-7-11(13)18-12(10)14/h1,3-7,15H. The highest BCUT2D eigenvalue weighted by Gasteiger charge is 2.21. The summed E-state index contributed by atoms with van der Waals surface area (Å²) >= 11 is 12.6. The maximum atomic E-state index is 12.1. The Morgan fingerprint density at radius 2 is 2.00 bits per heavy atom. The summed E-state index contributed by atoms with van der Waals surface area (Å²) in [5.41, 5.74) is 0.948. The lowest BCUT2D eigenvalue weighted by molar-refractivity contribution is 0.601. The topological polar surface area (TPSA) is 46.2 Å². The first-order valence-electron chi connectivity index (χ1n) is 4.97. The zero-order valence-electron chi connectivity index (χ0n) is 9.35. The molecule has 1 N–H and O–H groups in total. The third-order valence-electron chi connectivity index (χ3n) is 2.20. The molecule has 3 nitrogen and oxygen atoms in total.